The molecule has 0 spiro atoms. The monoisotopic (exact) mass is 530 g/mol. The van der Waals surface area contributed by atoms with Gasteiger partial charge in [-0.15, -0.1) is 0 Å². The van der Waals surface area contributed by atoms with Crippen LogP contribution in [0, 0.1) is 10.1 Å². The fourth-order valence-electron chi connectivity index (χ4n) is 4.08. The van der Waals surface area contributed by atoms with Crippen LogP contribution in [0.25, 0.3) is 23.1 Å². The maximum atomic E-state index is 11.2. The first-order valence-electron chi connectivity index (χ1n) is 12.4. The van der Waals surface area contributed by atoms with Crippen molar-refractivity contribution in [3.8, 4) is 11.5 Å². The number of hydrogen-bond acceptors (Lipinski definition) is 7. The lowest BCUT2D eigenvalue weighted by Crippen LogP contribution is -2.22. The molecule has 38 heavy (non-hydrogen) atoms. The zero-order valence-corrected chi connectivity index (χ0v) is 22.6. The number of aromatic nitrogens is 2. The molecule has 1 aromatic heterocycles. The molecule has 0 unspecified atom stereocenters. The Hall–Kier alpha value is -4.15. The molecule has 0 amide bonds. The van der Waals surface area contributed by atoms with E-state index in [2.05, 4.69) is 25.0 Å². The minimum absolute atomic E-state index is 0.0351. The summed E-state index contributed by atoms with van der Waals surface area (Å²) in [6.45, 7) is 8.23. The van der Waals surface area contributed by atoms with E-state index in [1.807, 2.05) is 53.2 Å². The minimum Gasteiger partial charge on any atom is -0.454 e. The van der Waals surface area contributed by atoms with Crippen LogP contribution in [0.4, 0.5) is 17.1 Å². The van der Waals surface area contributed by atoms with Gasteiger partial charge < -0.3 is 19.5 Å². The van der Waals surface area contributed by atoms with E-state index < -0.39 is 13.0 Å². The van der Waals surface area contributed by atoms with Crippen LogP contribution in [0.2, 0.25) is 25.7 Å². The van der Waals surface area contributed by atoms with Crippen molar-refractivity contribution in [2.45, 2.75) is 32.4 Å². The molecule has 0 fully saturated rings. The Morgan fingerprint density at radius 2 is 1.87 bits per heavy atom. The highest BCUT2D eigenvalue weighted by Crippen LogP contribution is 2.33. The third-order valence-corrected chi connectivity index (χ3v) is 7.87. The van der Waals surface area contributed by atoms with Crippen LogP contribution < -0.4 is 14.8 Å². The number of ether oxygens (including phenoxy) is 3. The van der Waals surface area contributed by atoms with Gasteiger partial charge in [0.15, 0.2) is 11.5 Å². The van der Waals surface area contributed by atoms with Gasteiger partial charge in [0.25, 0.3) is 5.69 Å². The van der Waals surface area contributed by atoms with E-state index in [4.69, 9.17) is 19.3 Å². The summed E-state index contributed by atoms with van der Waals surface area (Å²) in [6, 6.07) is 19.3. The highest BCUT2D eigenvalue weighted by molar-refractivity contribution is 6.76. The number of benzene rings is 3. The molecule has 0 radical (unpaired) electrons. The molecule has 1 aliphatic heterocycles. The molecule has 1 N–H and O–H groups in total. The predicted molar refractivity (Wildman–Crippen MR) is 152 cm³/mol. The topological polar surface area (TPSA) is 101 Å². The van der Waals surface area contributed by atoms with E-state index in [1.165, 1.54) is 12.1 Å². The summed E-state index contributed by atoms with van der Waals surface area (Å²) in [5.74, 6) is 1.48. The van der Waals surface area contributed by atoms with Gasteiger partial charge in [-0.1, -0.05) is 37.8 Å². The van der Waals surface area contributed by atoms with Gasteiger partial charge in [0, 0.05) is 43.6 Å². The zero-order chi connectivity index (χ0) is 26.7. The summed E-state index contributed by atoms with van der Waals surface area (Å²) in [5.41, 5.74) is 4.17. The molecular formula is C28H30N4O5Si. The lowest BCUT2D eigenvalue weighted by molar-refractivity contribution is -0.384. The van der Waals surface area contributed by atoms with Crippen molar-refractivity contribution in [3.05, 3.63) is 82.0 Å². The summed E-state index contributed by atoms with van der Waals surface area (Å²) >= 11 is 0. The van der Waals surface area contributed by atoms with Crippen LogP contribution in [0.5, 0.6) is 11.5 Å². The van der Waals surface area contributed by atoms with Crippen molar-refractivity contribution in [2.24, 2.45) is 0 Å². The lowest BCUT2D eigenvalue weighted by atomic mass is 10.1. The second-order valence-corrected chi connectivity index (χ2v) is 16.0. The van der Waals surface area contributed by atoms with Crippen molar-refractivity contribution in [1.29, 1.82) is 0 Å². The number of hydrogen-bond donors (Lipinski definition) is 1. The number of fused-ring (bicyclic) bond motifs is 2. The van der Waals surface area contributed by atoms with Crippen molar-refractivity contribution in [2.75, 3.05) is 18.7 Å². The summed E-state index contributed by atoms with van der Waals surface area (Å²) in [6.07, 6.45) is 3.97. The SMILES string of the molecule is C[Si](C)(C)CCOCn1nc(/C=C/c2ccc3c(c2)OCO3)c2ccc(Nc3cccc([N+](=O)[O-])c3)cc21. The fraction of sp³-hybridized carbons (Fsp3) is 0.250. The van der Waals surface area contributed by atoms with E-state index in [1.54, 1.807) is 12.1 Å². The number of anilines is 2. The molecule has 0 saturated carbocycles. The molecule has 9 nitrogen and oxygen atoms in total. The largest absolute Gasteiger partial charge is 0.454 e. The average Bonchev–Trinajstić information content (AvgIpc) is 3.49. The molecule has 196 valence electrons. The van der Waals surface area contributed by atoms with E-state index in [0.29, 0.717) is 19.0 Å². The number of rotatable bonds is 10. The van der Waals surface area contributed by atoms with Gasteiger partial charge in [-0.2, -0.15) is 5.10 Å². The fourth-order valence-corrected chi connectivity index (χ4v) is 4.84. The Bertz CT molecular complexity index is 1510. The molecule has 5 rings (SSSR count). The van der Waals surface area contributed by atoms with Gasteiger partial charge in [0.1, 0.15) is 6.73 Å². The number of nitro benzene ring substituents is 1. The van der Waals surface area contributed by atoms with Crippen molar-refractivity contribution >= 4 is 48.2 Å². The van der Waals surface area contributed by atoms with Crippen molar-refractivity contribution < 1.29 is 19.1 Å². The molecule has 10 heteroatoms. The summed E-state index contributed by atoms with van der Waals surface area (Å²) in [4.78, 5) is 10.8. The van der Waals surface area contributed by atoms with Gasteiger partial charge >= 0.3 is 0 Å². The Balaban J connectivity index is 1.43. The maximum Gasteiger partial charge on any atom is 0.271 e. The van der Waals surface area contributed by atoms with E-state index in [9.17, 15) is 10.1 Å². The third-order valence-electron chi connectivity index (χ3n) is 6.17. The van der Waals surface area contributed by atoms with Gasteiger partial charge in [-0.05, 0) is 54.1 Å². The quantitative estimate of drug-likeness (QED) is 0.103. The number of non-ortho nitro benzene ring substituents is 1. The molecule has 0 aliphatic carbocycles. The first-order chi connectivity index (χ1) is 18.2. The molecule has 0 bridgehead atoms. The van der Waals surface area contributed by atoms with Crippen LogP contribution in [-0.4, -0.2) is 36.2 Å². The van der Waals surface area contributed by atoms with Gasteiger partial charge in [0.2, 0.25) is 6.79 Å². The predicted octanol–water partition coefficient (Wildman–Crippen LogP) is 6.90. The summed E-state index contributed by atoms with van der Waals surface area (Å²) in [7, 11) is -1.21. The van der Waals surface area contributed by atoms with Gasteiger partial charge in [-0.3, -0.25) is 10.1 Å². The molecule has 0 saturated heterocycles. The first-order valence-corrected chi connectivity index (χ1v) is 16.1. The minimum atomic E-state index is -1.21. The van der Waals surface area contributed by atoms with Crippen LogP contribution in [0.15, 0.2) is 60.7 Å². The van der Waals surface area contributed by atoms with Crippen LogP contribution >= 0.6 is 0 Å². The summed E-state index contributed by atoms with van der Waals surface area (Å²) < 4.78 is 18.8. The average molecular weight is 531 g/mol. The zero-order valence-electron chi connectivity index (χ0n) is 21.6. The molecule has 1 aliphatic rings. The smallest absolute Gasteiger partial charge is 0.271 e. The first kappa shape index (κ1) is 25.5. The third kappa shape index (κ3) is 6.04. The molecule has 3 aromatic carbocycles. The number of nitrogens with one attached hydrogen (secondary N) is 1. The second-order valence-electron chi connectivity index (χ2n) is 10.3. The van der Waals surface area contributed by atoms with Gasteiger partial charge in [0.05, 0.1) is 16.1 Å². The maximum absolute atomic E-state index is 11.2. The number of nitro groups is 1. The van der Waals surface area contributed by atoms with Crippen LogP contribution in [0.1, 0.15) is 11.3 Å². The Kier molecular flexibility index (Phi) is 7.17. The highest BCUT2D eigenvalue weighted by atomic mass is 28.3. The lowest BCUT2D eigenvalue weighted by Gasteiger charge is -2.15. The molecule has 4 aromatic rings. The van der Waals surface area contributed by atoms with E-state index in [-0.39, 0.29) is 12.5 Å². The van der Waals surface area contributed by atoms with Crippen LogP contribution in [0.3, 0.4) is 0 Å². The van der Waals surface area contributed by atoms with E-state index in [0.717, 1.165) is 45.4 Å². The van der Waals surface area contributed by atoms with Gasteiger partial charge in [-0.25, -0.2) is 4.68 Å². The Morgan fingerprint density at radius 3 is 2.68 bits per heavy atom. The Morgan fingerprint density at radius 1 is 1.05 bits per heavy atom. The summed E-state index contributed by atoms with van der Waals surface area (Å²) in [5, 5.41) is 20.3. The highest BCUT2D eigenvalue weighted by Gasteiger charge is 2.15. The normalized spacial score (nSPS) is 12.9. The molecular weight excluding hydrogens is 500 g/mol. The Labute approximate surface area is 221 Å². The van der Waals surface area contributed by atoms with E-state index >= 15 is 0 Å². The standard InChI is InChI=1S/C28H30N4O5Si/c1-38(2,3)14-13-35-18-31-26-17-22(29-21-5-4-6-23(16-21)32(33)34)9-10-24(26)25(30-31)11-7-20-8-12-27-28(15-20)37-19-36-27/h4-12,15-17,29H,13-14,18-19H2,1-3H3/b11-7+. The molecule has 0 atom stereocenters. The van der Waals surface area contributed by atoms with Crippen molar-refractivity contribution in [3.63, 3.8) is 0 Å². The van der Waals surface area contributed by atoms with Crippen LogP contribution in [-0.2, 0) is 11.5 Å². The second kappa shape index (κ2) is 10.7. The molecule has 2 heterocycles. The number of nitrogens with zero attached hydrogens (tertiary/aromatic N) is 3. The van der Waals surface area contributed by atoms with Crippen molar-refractivity contribution in [1.82, 2.24) is 9.78 Å².